The fourth-order valence-electron chi connectivity index (χ4n) is 1.28. The molecule has 0 aliphatic heterocycles. The molecule has 0 fully saturated rings. The summed E-state index contributed by atoms with van der Waals surface area (Å²) in [5, 5.41) is 10.0. The molecule has 1 rings (SSSR count). The molecule has 0 unspecified atom stereocenters. The van der Waals surface area contributed by atoms with Crippen molar-refractivity contribution in [2.75, 3.05) is 13.1 Å². The highest BCUT2D eigenvalue weighted by atomic mass is 16.1. The van der Waals surface area contributed by atoms with Crippen LogP contribution in [0.5, 0.6) is 0 Å². The molecule has 1 aromatic rings. The van der Waals surface area contributed by atoms with Gasteiger partial charge < -0.3 is 10.6 Å². The maximum absolute atomic E-state index is 11.1. The van der Waals surface area contributed by atoms with Gasteiger partial charge >= 0.3 is 0 Å². The molecule has 0 aliphatic carbocycles. The molecule has 1 heterocycles. The summed E-state index contributed by atoms with van der Waals surface area (Å²) in [6.45, 7) is 4.05. The number of aryl methyl sites for hydroxylation is 1. The number of hydrogen-bond donors (Lipinski definition) is 2. The maximum atomic E-state index is 11.1. The molecule has 5 nitrogen and oxygen atoms in total. The zero-order valence-corrected chi connectivity index (χ0v) is 9.29. The highest BCUT2D eigenvalue weighted by Crippen LogP contribution is 1.94. The monoisotopic (exact) mass is 210 g/mol. The number of hydrogen-bond acceptors (Lipinski definition) is 3. The van der Waals surface area contributed by atoms with Gasteiger partial charge in [-0.2, -0.15) is 5.10 Å². The van der Waals surface area contributed by atoms with E-state index in [1.165, 1.54) is 0 Å². The van der Waals surface area contributed by atoms with Gasteiger partial charge in [0, 0.05) is 39.3 Å². The predicted molar refractivity (Wildman–Crippen MR) is 58.2 cm³/mol. The van der Waals surface area contributed by atoms with Crippen LogP contribution in [0.3, 0.4) is 0 Å². The lowest BCUT2D eigenvalue weighted by Gasteiger charge is -2.05. The van der Waals surface area contributed by atoms with Gasteiger partial charge in [-0.15, -0.1) is 0 Å². The molecule has 0 aromatic carbocycles. The number of carbonyl (C=O) groups is 1. The first kappa shape index (κ1) is 11.7. The van der Waals surface area contributed by atoms with E-state index >= 15 is 0 Å². The van der Waals surface area contributed by atoms with Gasteiger partial charge in [-0.25, -0.2) is 0 Å². The summed E-state index contributed by atoms with van der Waals surface area (Å²) < 4.78 is 1.82. The minimum absolute atomic E-state index is 0.0926. The van der Waals surface area contributed by atoms with Crippen LogP contribution >= 0.6 is 0 Å². The molecule has 0 atom stereocenters. The highest BCUT2D eigenvalue weighted by Gasteiger charge is 2.00. The lowest BCUT2D eigenvalue weighted by atomic mass is 10.3. The minimum Gasteiger partial charge on any atom is -0.356 e. The summed E-state index contributed by atoms with van der Waals surface area (Å²) in [5.41, 5.74) is 1.12. The number of amides is 1. The molecule has 0 saturated heterocycles. The van der Waals surface area contributed by atoms with E-state index < -0.39 is 0 Å². The van der Waals surface area contributed by atoms with Gasteiger partial charge in [0.1, 0.15) is 0 Å². The fraction of sp³-hybridized carbons (Fsp3) is 0.600. The molecule has 0 saturated carbocycles. The molecule has 0 spiro atoms. The Kier molecular flexibility index (Phi) is 4.83. The smallest absolute Gasteiger partial charge is 0.221 e. The van der Waals surface area contributed by atoms with E-state index in [1.807, 2.05) is 24.7 Å². The molecule has 1 aromatic heterocycles. The molecule has 1 amide bonds. The van der Waals surface area contributed by atoms with Gasteiger partial charge in [-0.3, -0.25) is 9.48 Å². The number of nitrogens with zero attached hydrogens (tertiary/aromatic N) is 2. The highest BCUT2D eigenvalue weighted by molar-refractivity contribution is 5.75. The second-order valence-corrected chi connectivity index (χ2v) is 3.33. The second-order valence-electron chi connectivity index (χ2n) is 3.33. The zero-order chi connectivity index (χ0) is 11.1. The second kappa shape index (κ2) is 6.19. The Labute approximate surface area is 89.9 Å². The van der Waals surface area contributed by atoms with Crippen molar-refractivity contribution in [3.63, 3.8) is 0 Å². The Hall–Kier alpha value is -1.36. The van der Waals surface area contributed by atoms with E-state index in [2.05, 4.69) is 15.7 Å². The first-order valence-corrected chi connectivity index (χ1v) is 5.18. The van der Waals surface area contributed by atoms with Gasteiger partial charge in [-0.1, -0.05) is 0 Å². The van der Waals surface area contributed by atoms with Crippen molar-refractivity contribution in [3.8, 4) is 0 Å². The van der Waals surface area contributed by atoms with Crippen LogP contribution in [0.4, 0.5) is 0 Å². The largest absolute Gasteiger partial charge is 0.356 e. The van der Waals surface area contributed by atoms with Gasteiger partial charge in [0.25, 0.3) is 0 Å². The molecule has 5 heteroatoms. The Balaban J connectivity index is 2.12. The van der Waals surface area contributed by atoms with Crippen LogP contribution in [0.1, 0.15) is 19.0 Å². The molecule has 0 aliphatic rings. The van der Waals surface area contributed by atoms with Crippen LogP contribution in [0, 0.1) is 0 Å². The van der Waals surface area contributed by atoms with Crippen molar-refractivity contribution < 1.29 is 4.79 Å². The van der Waals surface area contributed by atoms with Crippen molar-refractivity contribution in [3.05, 3.63) is 18.0 Å². The van der Waals surface area contributed by atoms with Crippen molar-refractivity contribution in [1.29, 1.82) is 0 Å². The molecule has 15 heavy (non-hydrogen) atoms. The van der Waals surface area contributed by atoms with Crippen molar-refractivity contribution in [2.45, 2.75) is 19.9 Å². The summed E-state index contributed by atoms with van der Waals surface area (Å²) in [6, 6.07) is 1.96. The van der Waals surface area contributed by atoms with Gasteiger partial charge in [0.05, 0.1) is 5.69 Å². The normalized spacial score (nSPS) is 10.3. The Morgan fingerprint density at radius 1 is 1.60 bits per heavy atom. The van der Waals surface area contributed by atoms with Crippen LogP contribution in [-0.2, 0) is 18.4 Å². The average Bonchev–Trinajstić information content (AvgIpc) is 2.60. The van der Waals surface area contributed by atoms with E-state index in [-0.39, 0.29) is 5.91 Å². The third-order valence-electron chi connectivity index (χ3n) is 2.13. The molecular weight excluding hydrogens is 192 g/mol. The predicted octanol–water partition coefficient (Wildman–Crippen LogP) is 0.0359. The van der Waals surface area contributed by atoms with Crippen LogP contribution in [0.2, 0.25) is 0 Å². The Morgan fingerprint density at radius 3 is 3.00 bits per heavy atom. The standard InChI is InChI=1S/C10H18N4O/c1-3-12-10(15)5-6-11-8-9-4-7-13-14(9)2/h4,7,11H,3,5-6,8H2,1-2H3,(H,12,15). The molecule has 0 radical (unpaired) electrons. The molecule has 2 N–H and O–H groups in total. The molecule has 84 valence electrons. The molecular formula is C10H18N4O. The van der Waals surface area contributed by atoms with Gasteiger partial charge in [-0.05, 0) is 13.0 Å². The van der Waals surface area contributed by atoms with Gasteiger partial charge in [0.2, 0.25) is 5.91 Å². The minimum atomic E-state index is 0.0926. The lowest BCUT2D eigenvalue weighted by Crippen LogP contribution is -2.27. The summed E-state index contributed by atoms with van der Waals surface area (Å²) >= 11 is 0. The van der Waals surface area contributed by atoms with Crippen molar-refractivity contribution in [1.82, 2.24) is 20.4 Å². The van der Waals surface area contributed by atoms with E-state index in [0.29, 0.717) is 19.5 Å². The van der Waals surface area contributed by atoms with Gasteiger partial charge in [0.15, 0.2) is 0 Å². The van der Waals surface area contributed by atoms with Crippen LogP contribution in [-0.4, -0.2) is 28.8 Å². The summed E-state index contributed by atoms with van der Waals surface area (Å²) in [4.78, 5) is 11.1. The third-order valence-corrected chi connectivity index (χ3v) is 2.13. The fourth-order valence-corrected chi connectivity index (χ4v) is 1.28. The quantitative estimate of drug-likeness (QED) is 0.652. The number of nitrogens with one attached hydrogen (secondary N) is 2. The Bertz CT molecular complexity index is 308. The first-order valence-electron chi connectivity index (χ1n) is 5.18. The maximum Gasteiger partial charge on any atom is 0.221 e. The topological polar surface area (TPSA) is 59.0 Å². The van der Waals surface area contributed by atoms with E-state index in [1.54, 1.807) is 6.20 Å². The first-order chi connectivity index (χ1) is 7.24. The molecule has 0 bridgehead atoms. The summed E-state index contributed by atoms with van der Waals surface area (Å²) in [5.74, 6) is 0.0926. The lowest BCUT2D eigenvalue weighted by molar-refractivity contribution is -0.120. The average molecular weight is 210 g/mol. The zero-order valence-electron chi connectivity index (χ0n) is 9.29. The number of rotatable bonds is 6. The van der Waals surface area contributed by atoms with E-state index in [0.717, 1.165) is 12.2 Å². The number of aromatic nitrogens is 2. The van der Waals surface area contributed by atoms with Crippen molar-refractivity contribution >= 4 is 5.91 Å². The van der Waals surface area contributed by atoms with Crippen LogP contribution in [0.25, 0.3) is 0 Å². The van der Waals surface area contributed by atoms with Crippen LogP contribution < -0.4 is 10.6 Å². The van der Waals surface area contributed by atoms with Crippen LogP contribution in [0.15, 0.2) is 12.3 Å². The Morgan fingerprint density at radius 2 is 2.40 bits per heavy atom. The third kappa shape index (κ3) is 4.12. The SMILES string of the molecule is CCNC(=O)CCNCc1ccnn1C. The summed E-state index contributed by atoms with van der Waals surface area (Å²) in [7, 11) is 1.90. The van der Waals surface area contributed by atoms with Crippen molar-refractivity contribution in [2.24, 2.45) is 7.05 Å². The van der Waals surface area contributed by atoms with E-state index in [4.69, 9.17) is 0 Å². The van der Waals surface area contributed by atoms with E-state index in [9.17, 15) is 4.79 Å². The summed E-state index contributed by atoms with van der Waals surface area (Å²) in [6.07, 6.45) is 2.28. The number of carbonyl (C=O) groups excluding carboxylic acids is 1.